The molecule has 158 valence electrons. The van der Waals surface area contributed by atoms with Crippen LogP contribution in [0.3, 0.4) is 0 Å². The van der Waals surface area contributed by atoms with E-state index >= 15 is 0 Å². The Hall–Kier alpha value is -4.22. The van der Waals surface area contributed by atoms with E-state index in [2.05, 4.69) is 15.5 Å². The van der Waals surface area contributed by atoms with Crippen molar-refractivity contribution in [2.24, 2.45) is 0 Å². The first-order valence-electron chi connectivity index (χ1n) is 9.34. The molecule has 0 spiro atoms. The van der Waals surface area contributed by atoms with Gasteiger partial charge in [-0.1, -0.05) is 17.7 Å². The zero-order chi connectivity index (χ0) is 22.5. The lowest BCUT2D eigenvalue weighted by Crippen LogP contribution is -2.14. The van der Waals surface area contributed by atoms with E-state index in [-0.39, 0.29) is 23.6 Å². The molecule has 4 aromatic rings. The Balaban J connectivity index is 1.40. The normalized spacial score (nSPS) is 10.4. The van der Waals surface area contributed by atoms with Crippen LogP contribution in [-0.2, 0) is 6.61 Å². The summed E-state index contributed by atoms with van der Waals surface area (Å²) in [6.07, 6.45) is 0. The fraction of sp³-hybridized carbons (Fsp3) is 0.0435. The van der Waals surface area contributed by atoms with Gasteiger partial charge < -0.3 is 14.5 Å². The van der Waals surface area contributed by atoms with Crippen molar-refractivity contribution in [1.82, 2.24) is 10.2 Å². The summed E-state index contributed by atoms with van der Waals surface area (Å²) in [5, 5.41) is 20.0. The topological polar surface area (TPSA) is 101 Å². The molecule has 0 saturated carbocycles. The standard InChI is InChI=1S/C23H14ClFN4O3/c24-16-7-5-15(6-8-16)23-29-28-21(32-23)13-31-18-3-1-2-17(11-18)27-22(30)19-9-4-14(12-26)10-20(19)25/h1-11H,13H2,(H,27,30). The molecule has 7 nitrogen and oxygen atoms in total. The van der Waals surface area contributed by atoms with Crippen LogP contribution < -0.4 is 10.1 Å². The third-order valence-electron chi connectivity index (χ3n) is 4.36. The summed E-state index contributed by atoms with van der Waals surface area (Å²) in [6, 6.07) is 19.0. The van der Waals surface area contributed by atoms with Crippen molar-refractivity contribution in [3.05, 3.63) is 94.6 Å². The van der Waals surface area contributed by atoms with Crippen LogP contribution in [0.5, 0.6) is 5.75 Å². The Morgan fingerprint density at radius 2 is 1.94 bits per heavy atom. The molecule has 9 heteroatoms. The van der Waals surface area contributed by atoms with Crippen molar-refractivity contribution in [3.8, 4) is 23.3 Å². The molecule has 0 aliphatic heterocycles. The van der Waals surface area contributed by atoms with Crippen molar-refractivity contribution < 1.29 is 18.3 Å². The number of rotatable bonds is 6. The summed E-state index contributed by atoms with van der Waals surface area (Å²) in [4.78, 5) is 12.4. The number of nitrogens with zero attached hydrogens (tertiary/aromatic N) is 3. The van der Waals surface area contributed by atoms with Gasteiger partial charge >= 0.3 is 0 Å². The first kappa shape index (κ1) is 21.0. The maximum atomic E-state index is 14.1. The molecule has 1 aromatic heterocycles. The molecule has 32 heavy (non-hydrogen) atoms. The van der Waals surface area contributed by atoms with E-state index in [9.17, 15) is 9.18 Å². The van der Waals surface area contributed by atoms with E-state index in [4.69, 9.17) is 26.0 Å². The number of amides is 1. The molecule has 0 atom stereocenters. The molecular weight excluding hydrogens is 435 g/mol. The minimum absolute atomic E-state index is 0.0161. The zero-order valence-corrected chi connectivity index (χ0v) is 17.1. The number of aromatic nitrogens is 2. The van der Waals surface area contributed by atoms with Crippen LogP contribution in [-0.4, -0.2) is 16.1 Å². The molecule has 0 unspecified atom stereocenters. The third-order valence-corrected chi connectivity index (χ3v) is 4.61. The maximum absolute atomic E-state index is 14.1. The zero-order valence-electron chi connectivity index (χ0n) is 16.4. The van der Waals surface area contributed by atoms with Gasteiger partial charge in [-0.05, 0) is 54.6 Å². The highest BCUT2D eigenvalue weighted by atomic mass is 35.5. The third kappa shape index (κ3) is 4.91. The van der Waals surface area contributed by atoms with Gasteiger partial charge in [0.15, 0.2) is 6.61 Å². The van der Waals surface area contributed by atoms with Gasteiger partial charge in [-0.15, -0.1) is 10.2 Å². The lowest BCUT2D eigenvalue weighted by atomic mass is 10.1. The number of nitriles is 1. The van der Waals surface area contributed by atoms with E-state index < -0.39 is 11.7 Å². The summed E-state index contributed by atoms with van der Waals surface area (Å²) in [6.45, 7) is 0.0161. The summed E-state index contributed by atoms with van der Waals surface area (Å²) in [5.41, 5.74) is 1.10. The first-order valence-corrected chi connectivity index (χ1v) is 9.72. The second-order valence-corrected chi connectivity index (χ2v) is 7.02. The van der Waals surface area contributed by atoms with Gasteiger partial charge in [0.05, 0.1) is 17.2 Å². The molecule has 1 amide bonds. The molecule has 0 aliphatic carbocycles. The van der Waals surface area contributed by atoms with Crippen LogP contribution in [0.4, 0.5) is 10.1 Å². The number of carbonyl (C=O) groups excluding carboxylic acids is 1. The maximum Gasteiger partial charge on any atom is 0.258 e. The van der Waals surface area contributed by atoms with Gasteiger partial charge in [0, 0.05) is 22.3 Å². The number of carbonyl (C=O) groups is 1. The predicted molar refractivity (Wildman–Crippen MR) is 115 cm³/mol. The molecule has 0 bridgehead atoms. The lowest BCUT2D eigenvalue weighted by molar-refractivity contribution is 0.102. The fourth-order valence-corrected chi connectivity index (χ4v) is 2.92. The Kier molecular flexibility index (Phi) is 6.10. The molecule has 1 N–H and O–H groups in total. The highest BCUT2D eigenvalue weighted by Crippen LogP contribution is 2.22. The van der Waals surface area contributed by atoms with Crippen molar-refractivity contribution >= 4 is 23.2 Å². The SMILES string of the molecule is N#Cc1ccc(C(=O)Nc2cccc(OCc3nnc(-c4ccc(Cl)cc4)o3)c2)c(F)c1. The van der Waals surface area contributed by atoms with Crippen LogP contribution >= 0.6 is 11.6 Å². The summed E-state index contributed by atoms with van der Waals surface area (Å²) in [5.74, 6) is -0.375. The smallest absolute Gasteiger partial charge is 0.258 e. The van der Waals surface area contributed by atoms with E-state index in [0.717, 1.165) is 11.6 Å². The Morgan fingerprint density at radius 3 is 2.69 bits per heavy atom. The van der Waals surface area contributed by atoms with Crippen molar-refractivity contribution in [3.63, 3.8) is 0 Å². The Labute approximate surface area is 187 Å². The molecule has 0 aliphatic rings. The minimum Gasteiger partial charge on any atom is -0.484 e. The molecule has 3 aromatic carbocycles. The largest absolute Gasteiger partial charge is 0.484 e. The van der Waals surface area contributed by atoms with Crippen LogP contribution in [0.15, 0.2) is 71.1 Å². The van der Waals surface area contributed by atoms with Crippen molar-refractivity contribution in [2.45, 2.75) is 6.61 Å². The Bertz CT molecular complexity index is 1320. The summed E-state index contributed by atoms with van der Waals surface area (Å²) >= 11 is 5.88. The second kappa shape index (κ2) is 9.29. The second-order valence-electron chi connectivity index (χ2n) is 6.58. The molecule has 0 saturated heterocycles. The van der Waals surface area contributed by atoms with Gasteiger partial charge in [0.1, 0.15) is 11.6 Å². The van der Waals surface area contributed by atoms with Gasteiger partial charge in [-0.2, -0.15) is 5.26 Å². The molecule has 1 heterocycles. The Morgan fingerprint density at radius 1 is 1.12 bits per heavy atom. The molecule has 4 rings (SSSR count). The van der Waals surface area contributed by atoms with Gasteiger partial charge in [0.2, 0.25) is 5.89 Å². The quantitative estimate of drug-likeness (QED) is 0.433. The summed E-state index contributed by atoms with van der Waals surface area (Å²) in [7, 11) is 0. The highest BCUT2D eigenvalue weighted by molar-refractivity contribution is 6.30. The predicted octanol–water partition coefficient (Wildman–Crippen LogP) is 5.23. The van der Waals surface area contributed by atoms with Crippen LogP contribution in [0.1, 0.15) is 21.8 Å². The lowest BCUT2D eigenvalue weighted by Gasteiger charge is -2.09. The highest BCUT2D eigenvalue weighted by Gasteiger charge is 2.13. The number of halogens is 2. The number of anilines is 1. The average molecular weight is 449 g/mol. The van der Waals surface area contributed by atoms with Crippen LogP contribution in [0.25, 0.3) is 11.5 Å². The van der Waals surface area contributed by atoms with Crippen molar-refractivity contribution in [1.29, 1.82) is 5.26 Å². The van der Waals surface area contributed by atoms with Crippen molar-refractivity contribution in [2.75, 3.05) is 5.32 Å². The summed E-state index contributed by atoms with van der Waals surface area (Å²) < 4.78 is 25.3. The monoisotopic (exact) mass is 448 g/mol. The first-order chi connectivity index (χ1) is 15.5. The van der Waals surface area contributed by atoms with Crippen LogP contribution in [0.2, 0.25) is 5.02 Å². The number of nitrogens with one attached hydrogen (secondary N) is 1. The fourth-order valence-electron chi connectivity index (χ4n) is 2.80. The number of benzene rings is 3. The number of hydrogen-bond acceptors (Lipinski definition) is 6. The molecular formula is C23H14ClFN4O3. The average Bonchev–Trinajstić information content (AvgIpc) is 3.27. The molecule has 0 radical (unpaired) electrons. The van der Waals surface area contributed by atoms with E-state index in [0.29, 0.717) is 22.4 Å². The minimum atomic E-state index is -0.776. The molecule has 0 fully saturated rings. The van der Waals surface area contributed by atoms with E-state index in [1.54, 1.807) is 48.5 Å². The van der Waals surface area contributed by atoms with Gasteiger partial charge in [0.25, 0.3) is 11.8 Å². The number of ether oxygens (including phenoxy) is 1. The van der Waals surface area contributed by atoms with Gasteiger partial charge in [-0.3, -0.25) is 4.79 Å². The number of hydrogen-bond donors (Lipinski definition) is 1. The van der Waals surface area contributed by atoms with E-state index in [1.165, 1.54) is 12.1 Å². The van der Waals surface area contributed by atoms with Gasteiger partial charge in [-0.25, -0.2) is 4.39 Å². The van der Waals surface area contributed by atoms with E-state index in [1.807, 2.05) is 6.07 Å². The van der Waals surface area contributed by atoms with Crippen LogP contribution in [0, 0.1) is 17.1 Å².